The van der Waals surface area contributed by atoms with Crippen LogP contribution in [0.4, 0.5) is 10.9 Å². The van der Waals surface area contributed by atoms with Gasteiger partial charge in [-0.15, -0.1) is 11.3 Å². The number of hydrogen-bond donors (Lipinski definition) is 1. The van der Waals surface area contributed by atoms with Crippen LogP contribution in [0.15, 0.2) is 54.3 Å². The number of nitrogens with one attached hydrogen (secondary N) is 1. The zero-order chi connectivity index (χ0) is 17.8. The summed E-state index contributed by atoms with van der Waals surface area (Å²) in [5, 5.41) is 5.42. The van der Waals surface area contributed by atoms with E-state index in [2.05, 4.69) is 25.2 Å². The smallest absolute Gasteiger partial charge is 0.231 e. The summed E-state index contributed by atoms with van der Waals surface area (Å²) in [4.78, 5) is 27.6. The number of hydrogen-bond acceptors (Lipinski definition) is 6. The molecule has 0 aliphatic carbocycles. The van der Waals surface area contributed by atoms with Gasteiger partial charge in [-0.1, -0.05) is 30.3 Å². The van der Waals surface area contributed by atoms with Gasteiger partial charge in [0.1, 0.15) is 12.1 Å². The van der Waals surface area contributed by atoms with Crippen LogP contribution >= 0.6 is 11.3 Å². The first-order valence-corrected chi connectivity index (χ1v) is 9.50. The minimum atomic E-state index is -0.0669. The van der Waals surface area contributed by atoms with Crippen LogP contribution in [0.25, 0.3) is 11.3 Å². The molecule has 7 heteroatoms. The van der Waals surface area contributed by atoms with Crippen molar-refractivity contribution in [1.29, 1.82) is 0 Å². The van der Waals surface area contributed by atoms with Crippen LogP contribution < -0.4 is 10.2 Å². The molecule has 1 aliphatic heterocycles. The summed E-state index contributed by atoms with van der Waals surface area (Å²) in [5.41, 5.74) is 1.95. The molecule has 1 N–H and O–H groups in total. The Morgan fingerprint density at radius 2 is 2.08 bits per heavy atom. The minimum absolute atomic E-state index is 0.0296. The van der Waals surface area contributed by atoms with Gasteiger partial charge in [-0.25, -0.2) is 15.0 Å². The molecule has 1 fully saturated rings. The lowest BCUT2D eigenvalue weighted by Crippen LogP contribution is -2.41. The average molecular weight is 365 g/mol. The second kappa shape index (κ2) is 7.61. The van der Waals surface area contributed by atoms with Gasteiger partial charge in [0, 0.05) is 36.3 Å². The highest BCUT2D eigenvalue weighted by Gasteiger charge is 2.27. The van der Waals surface area contributed by atoms with Crippen LogP contribution in [0.2, 0.25) is 0 Å². The number of rotatable bonds is 4. The van der Waals surface area contributed by atoms with E-state index in [1.807, 2.05) is 41.8 Å². The fourth-order valence-corrected chi connectivity index (χ4v) is 3.71. The van der Waals surface area contributed by atoms with Gasteiger partial charge in [0.25, 0.3) is 0 Å². The predicted octanol–water partition coefficient (Wildman–Crippen LogP) is 3.46. The van der Waals surface area contributed by atoms with Crippen molar-refractivity contribution >= 4 is 28.2 Å². The minimum Gasteiger partial charge on any atom is -0.356 e. The standard InChI is InChI=1S/C19H19N5OS/c25-18(23-19-20-8-10-26-19)15-7-4-9-24(12-15)17-11-16(21-13-22-17)14-5-2-1-3-6-14/h1-3,5-6,8,10-11,13,15H,4,7,9,12H2,(H,20,23,25). The molecule has 1 saturated heterocycles. The Kier molecular flexibility index (Phi) is 4.88. The Morgan fingerprint density at radius 1 is 1.19 bits per heavy atom. The molecule has 0 spiro atoms. The fourth-order valence-electron chi connectivity index (χ4n) is 3.18. The van der Waals surface area contributed by atoms with E-state index in [4.69, 9.17) is 0 Å². The lowest BCUT2D eigenvalue weighted by Gasteiger charge is -2.32. The zero-order valence-corrected chi connectivity index (χ0v) is 15.0. The first-order chi connectivity index (χ1) is 12.8. The molecule has 1 unspecified atom stereocenters. The fraction of sp³-hybridized carbons (Fsp3) is 0.263. The van der Waals surface area contributed by atoms with Crippen molar-refractivity contribution in [2.45, 2.75) is 12.8 Å². The van der Waals surface area contributed by atoms with Gasteiger partial charge in [0.15, 0.2) is 5.13 Å². The van der Waals surface area contributed by atoms with Crippen LogP contribution in [-0.4, -0.2) is 33.9 Å². The molecule has 26 heavy (non-hydrogen) atoms. The molecule has 1 aromatic carbocycles. The molecule has 3 aromatic rings. The number of thiazole rings is 1. The van der Waals surface area contributed by atoms with Crippen molar-refractivity contribution in [3.8, 4) is 11.3 Å². The van der Waals surface area contributed by atoms with Crippen molar-refractivity contribution in [3.05, 3.63) is 54.3 Å². The van der Waals surface area contributed by atoms with Gasteiger partial charge in [0.2, 0.25) is 5.91 Å². The van der Waals surface area contributed by atoms with Crippen LogP contribution in [0.5, 0.6) is 0 Å². The Labute approximate surface area is 155 Å². The number of piperidine rings is 1. The van der Waals surface area contributed by atoms with Crippen molar-refractivity contribution in [2.75, 3.05) is 23.3 Å². The van der Waals surface area contributed by atoms with E-state index in [0.29, 0.717) is 11.7 Å². The monoisotopic (exact) mass is 365 g/mol. The molecule has 132 valence electrons. The summed E-state index contributed by atoms with van der Waals surface area (Å²) < 4.78 is 0. The van der Waals surface area contributed by atoms with Crippen molar-refractivity contribution in [1.82, 2.24) is 15.0 Å². The third-order valence-electron chi connectivity index (χ3n) is 4.50. The maximum Gasteiger partial charge on any atom is 0.231 e. The summed E-state index contributed by atoms with van der Waals surface area (Å²) in [5.74, 6) is 0.829. The van der Waals surface area contributed by atoms with Gasteiger partial charge in [-0.3, -0.25) is 4.79 Å². The predicted molar refractivity (Wildman–Crippen MR) is 103 cm³/mol. The highest BCUT2D eigenvalue weighted by molar-refractivity contribution is 7.13. The van der Waals surface area contributed by atoms with Crippen molar-refractivity contribution in [2.24, 2.45) is 5.92 Å². The van der Waals surface area contributed by atoms with Crippen LogP contribution in [0, 0.1) is 5.92 Å². The van der Waals surface area contributed by atoms with Gasteiger partial charge >= 0.3 is 0 Å². The van der Waals surface area contributed by atoms with Crippen molar-refractivity contribution in [3.63, 3.8) is 0 Å². The van der Waals surface area contributed by atoms with E-state index in [1.165, 1.54) is 11.3 Å². The summed E-state index contributed by atoms with van der Waals surface area (Å²) >= 11 is 1.43. The normalized spacial score (nSPS) is 17.1. The Bertz CT molecular complexity index is 869. The van der Waals surface area contributed by atoms with Gasteiger partial charge in [0.05, 0.1) is 11.6 Å². The van der Waals surface area contributed by atoms with E-state index in [1.54, 1.807) is 12.5 Å². The number of carbonyl (C=O) groups is 1. The second-order valence-electron chi connectivity index (χ2n) is 6.24. The van der Waals surface area contributed by atoms with E-state index >= 15 is 0 Å². The molecule has 1 atom stereocenters. The quantitative estimate of drug-likeness (QED) is 0.767. The number of carbonyl (C=O) groups excluding carboxylic acids is 1. The highest BCUT2D eigenvalue weighted by atomic mass is 32.1. The van der Waals surface area contributed by atoms with E-state index < -0.39 is 0 Å². The van der Waals surface area contributed by atoms with Gasteiger partial charge in [-0.2, -0.15) is 0 Å². The summed E-state index contributed by atoms with van der Waals surface area (Å²) in [6.45, 7) is 1.55. The number of anilines is 2. The average Bonchev–Trinajstić information content (AvgIpc) is 3.22. The summed E-state index contributed by atoms with van der Waals surface area (Å²) in [7, 11) is 0. The second-order valence-corrected chi connectivity index (χ2v) is 7.13. The first-order valence-electron chi connectivity index (χ1n) is 8.62. The van der Waals surface area contributed by atoms with Gasteiger partial charge < -0.3 is 10.2 Å². The molecule has 2 aromatic heterocycles. The van der Waals surface area contributed by atoms with Crippen LogP contribution in [0.3, 0.4) is 0 Å². The Hall–Kier alpha value is -2.80. The SMILES string of the molecule is O=C(Nc1nccs1)C1CCCN(c2cc(-c3ccccc3)ncn2)C1. The maximum atomic E-state index is 12.5. The number of nitrogens with zero attached hydrogens (tertiary/aromatic N) is 4. The number of benzene rings is 1. The Balaban J connectivity index is 1.48. The molecule has 4 rings (SSSR count). The Morgan fingerprint density at radius 3 is 2.88 bits per heavy atom. The largest absolute Gasteiger partial charge is 0.356 e. The van der Waals surface area contributed by atoms with Crippen LogP contribution in [-0.2, 0) is 4.79 Å². The molecule has 6 nitrogen and oxygen atoms in total. The van der Waals surface area contributed by atoms with Gasteiger partial charge in [-0.05, 0) is 12.8 Å². The molecule has 0 bridgehead atoms. The molecule has 1 aliphatic rings. The van der Waals surface area contributed by atoms with E-state index in [-0.39, 0.29) is 11.8 Å². The third-order valence-corrected chi connectivity index (χ3v) is 5.19. The molecule has 1 amide bonds. The van der Waals surface area contributed by atoms with Crippen molar-refractivity contribution < 1.29 is 4.79 Å². The lowest BCUT2D eigenvalue weighted by molar-refractivity contribution is -0.120. The molecule has 3 heterocycles. The third kappa shape index (κ3) is 3.72. The highest BCUT2D eigenvalue weighted by Crippen LogP contribution is 2.26. The topological polar surface area (TPSA) is 71.0 Å². The number of amides is 1. The number of aromatic nitrogens is 3. The summed E-state index contributed by atoms with van der Waals surface area (Å²) in [6, 6.07) is 12.0. The first kappa shape index (κ1) is 16.7. The lowest BCUT2D eigenvalue weighted by atomic mass is 9.97. The molecule has 0 radical (unpaired) electrons. The molecular weight excluding hydrogens is 346 g/mol. The van der Waals surface area contributed by atoms with Crippen LogP contribution in [0.1, 0.15) is 12.8 Å². The maximum absolute atomic E-state index is 12.5. The molecule has 0 saturated carbocycles. The molecular formula is C19H19N5OS. The van der Waals surface area contributed by atoms with E-state index in [9.17, 15) is 4.79 Å². The summed E-state index contributed by atoms with van der Waals surface area (Å²) in [6.07, 6.45) is 5.13. The van der Waals surface area contributed by atoms with E-state index in [0.717, 1.165) is 36.5 Å². The zero-order valence-electron chi connectivity index (χ0n) is 14.2.